The summed E-state index contributed by atoms with van der Waals surface area (Å²) in [5.74, 6) is 0. The molecule has 0 amide bonds. The average Bonchev–Trinajstić information content (AvgIpc) is 2.90. The largest absolute Gasteiger partial charge is 0.358 e. The van der Waals surface area contributed by atoms with E-state index in [1.54, 1.807) is 6.20 Å². The first-order valence-electron chi connectivity index (χ1n) is 6.55. The monoisotopic (exact) mass is 312 g/mol. The summed E-state index contributed by atoms with van der Waals surface area (Å²) in [6, 6.07) is 15.7. The van der Waals surface area contributed by atoms with Crippen LogP contribution in [0.3, 0.4) is 0 Å². The molecule has 2 nitrogen and oxygen atoms in total. The van der Waals surface area contributed by atoms with E-state index in [1.165, 1.54) is 0 Å². The number of para-hydroxylation sites is 1. The first-order chi connectivity index (χ1) is 10.2. The van der Waals surface area contributed by atoms with Crippen LogP contribution in [0, 0.1) is 0 Å². The number of nitrogens with one attached hydrogen (secondary N) is 1. The second-order valence-electron chi connectivity index (χ2n) is 4.87. The summed E-state index contributed by atoms with van der Waals surface area (Å²) >= 11 is 12.3. The zero-order chi connectivity index (χ0) is 14.4. The smallest absolute Gasteiger partial charge is 0.0951 e. The number of halogens is 2. The second kappa shape index (κ2) is 4.76. The Bertz CT molecular complexity index is 956. The van der Waals surface area contributed by atoms with Gasteiger partial charge in [0.15, 0.2) is 0 Å². The van der Waals surface area contributed by atoms with Gasteiger partial charge in [-0.1, -0.05) is 53.5 Å². The molecule has 0 saturated carbocycles. The van der Waals surface area contributed by atoms with Crippen LogP contribution in [0.25, 0.3) is 33.1 Å². The summed E-state index contributed by atoms with van der Waals surface area (Å²) in [6.07, 6.45) is 1.81. The Morgan fingerprint density at radius 2 is 1.67 bits per heavy atom. The van der Waals surface area contributed by atoms with E-state index in [0.29, 0.717) is 10.0 Å². The Hall–Kier alpha value is -2.03. The molecular formula is C17H10Cl2N2. The summed E-state index contributed by atoms with van der Waals surface area (Å²) in [5, 5.41) is 3.47. The van der Waals surface area contributed by atoms with Gasteiger partial charge in [-0.3, -0.25) is 0 Å². The molecule has 4 heteroatoms. The van der Waals surface area contributed by atoms with Crippen molar-refractivity contribution in [2.24, 2.45) is 0 Å². The molecular weight excluding hydrogens is 303 g/mol. The van der Waals surface area contributed by atoms with E-state index < -0.39 is 0 Å². The van der Waals surface area contributed by atoms with E-state index in [4.69, 9.17) is 28.2 Å². The lowest BCUT2D eigenvalue weighted by Gasteiger charge is -2.07. The third-order valence-electron chi connectivity index (χ3n) is 3.59. The van der Waals surface area contributed by atoms with Gasteiger partial charge in [0.25, 0.3) is 0 Å². The minimum Gasteiger partial charge on any atom is -0.358 e. The van der Waals surface area contributed by atoms with Crippen LogP contribution in [0.2, 0.25) is 10.0 Å². The van der Waals surface area contributed by atoms with E-state index in [2.05, 4.69) is 4.98 Å². The van der Waals surface area contributed by atoms with Gasteiger partial charge in [0, 0.05) is 27.6 Å². The summed E-state index contributed by atoms with van der Waals surface area (Å²) in [7, 11) is 0. The molecule has 2 aromatic heterocycles. The summed E-state index contributed by atoms with van der Waals surface area (Å²) in [5.41, 5.74) is 3.76. The molecule has 0 spiro atoms. The fourth-order valence-electron chi connectivity index (χ4n) is 2.62. The van der Waals surface area contributed by atoms with Crippen molar-refractivity contribution < 1.29 is 0 Å². The normalized spacial score (nSPS) is 11.3. The van der Waals surface area contributed by atoms with Gasteiger partial charge in [-0.05, 0) is 18.2 Å². The Balaban J connectivity index is 2.14. The van der Waals surface area contributed by atoms with Crippen molar-refractivity contribution in [2.75, 3.05) is 0 Å². The second-order valence-corrected chi connectivity index (χ2v) is 5.71. The molecule has 0 fully saturated rings. The number of aromatic nitrogens is 2. The number of aromatic amines is 1. The Morgan fingerprint density at radius 3 is 2.48 bits per heavy atom. The van der Waals surface area contributed by atoms with Gasteiger partial charge in [0.2, 0.25) is 0 Å². The highest BCUT2D eigenvalue weighted by molar-refractivity contribution is 6.38. The number of benzene rings is 2. The molecule has 4 aromatic rings. The van der Waals surface area contributed by atoms with Crippen LogP contribution in [-0.4, -0.2) is 9.97 Å². The maximum atomic E-state index is 6.36. The third kappa shape index (κ3) is 1.99. The predicted octanol–water partition coefficient (Wildman–Crippen LogP) is 5.69. The maximum absolute atomic E-state index is 6.36. The maximum Gasteiger partial charge on any atom is 0.0951 e. The highest BCUT2D eigenvalue weighted by atomic mass is 35.5. The molecule has 2 aromatic carbocycles. The molecule has 0 aliphatic rings. The lowest BCUT2D eigenvalue weighted by atomic mass is 10.1. The van der Waals surface area contributed by atoms with Crippen molar-refractivity contribution in [1.82, 2.24) is 9.97 Å². The highest BCUT2D eigenvalue weighted by Crippen LogP contribution is 2.36. The molecule has 1 N–H and O–H groups in total. The van der Waals surface area contributed by atoms with Gasteiger partial charge in [-0.25, -0.2) is 4.98 Å². The molecule has 0 unspecified atom stereocenters. The Morgan fingerprint density at radius 1 is 0.905 bits per heavy atom. The van der Waals surface area contributed by atoms with E-state index in [9.17, 15) is 0 Å². The molecule has 0 aliphatic carbocycles. The molecule has 4 rings (SSSR count). The predicted molar refractivity (Wildman–Crippen MR) is 89.1 cm³/mol. The number of H-pyrrole nitrogens is 1. The third-order valence-corrected chi connectivity index (χ3v) is 4.14. The van der Waals surface area contributed by atoms with Crippen LogP contribution < -0.4 is 0 Å². The fourth-order valence-corrected chi connectivity index (χ4v) is 3.00. The molecule has 0 bridgehead atoms. The van der Waals surface area contributed by atoms with Crippen LogP contribution in [0.15, 0.2) is 54.7 Å². The van der Waals surface area contributed by atoms with Gasteiger partial charge < -0.3 is 4.98 Å². The van der Waals surface area contributed by atoms with E-state index in [0.717, 1.165) is 33.1 Å². The van der Waals surface area contributed by atoms with Gasteiger partial charge in [0.05, 0.1) is 21.7 Å². The zero-order valence-electron chi connectivity index (χ0n) is 10.9. The molecule has 2 heterocycles. The van der Waals surface area contributed by atoms with Gasteiger partial charge in [-0.15, -0.1) is 0 Å². The topological polar surface area (TPSA) is 28.7 Å². The molecule has 102 valence electrons. The fraction of sp³-hybridized carbons (Fsp3) is 0. The number of fused-ring (bicyclic) bond motifs is 3. The van der Waals surface area contributed by atoms with Gasteiger partial charge in [0.1, 0.15) is 0 Å². The van der Waals surface area contributed by atoms with Crippen molar-refractivity contribution in [3.8, 4) is 11.3 Å². The van der Waals surface area contributed by atoms with Crippen molar-refractivity contribution in [1.29, 1.82) is 0 Å². The minimum absolute atomic E-state index is 0.707. The van der Waals surface area contributed by atoms with Crippen LogP contribution >= 0.6 is 23.2 Å². The lowest BCUT2D eigenvalue weighted by molar-refractivity contribution is 1.39. The van der Waals surface area contributed by atoms with Crippen molar-refractivity contribution in [3.05, 3.63) is 64.8 Å². The molecule has 21 heavy (non-hydrogen) atoms. The van der Waals surface area contributed by atoms with Crippen molar-refractivity contribution in [3.63, 3.8) is 0 Å². The van der Waals surface area contributed by atoms with E-state index in [1.807, 2.05) is 48.5 Å². The first-order valence-corrected chi connectivity index (χ1v) is 7.31. The molecule has 0 atom stereocenters. The highest BCUT2D eigenvalue weighted by Gasteiger charge is 2.13. The van der Waals surface area contributed by atoms with Crippen LogP contribution in [0.1, 0.15) is 0 Å². The number of hydrogen-bond acceptors (Lipinski definition) is 1. The van der Waals surface area contributed by atoms with E-state index in [-0.39, 0.29) is 0 Å². The average molecular weight is 313 g/mol. The number of hydrogen-bond donors (Lipinski definition) is 1. The summed E-state index contributed by atoms with van der Waals surface area (Å²) < 4.78 is 0. The number of pyridine rings is 1. The number of nitrogens with zero attached hydrogens (tertiary/aromatic N) is 1. The molecule has 0 aliphatic heterocycles. The van der Waals surface area contributed by atoms with Crippen molar-refractivity contribution >= 4 is 45.0 Å². The molecule has 0 saturated heterocycles. The van der Waals surface area contributed by atoms with Gasteiger partial charge in [-0.2, -0.15) is 0 Å². The summed E-state index contributed by atoms with van der Waals surface area (Å²) in [4.78, 5) is 8.02. The lowest BCUT2D eigenvalue weighted by Crippen LogP contribution is -1.88. The zero-order valence-corrected chi connectivity index (χ0v) is 12.4. The Kier molecular flexibility index (Phi) is 2.88. The van der Waals surface area contributed by atoms with Crippen LogP contribution in [0.4, 0.5) is 0 Å². The minimum atomic E-state index is 0.707. The van der Waals surface area contributed by atoms with Crippen molar-refractivity contribution in [2.45, 2.75) is 0 Å². The van der Waals surface area contributed by atoms with E-state index >= 15 is 0 Å². The standard InChI is InChI=1S/C17H10Cl2N2/c18-11-7-5-10(6-8-11)16-17-15(13(19)9-20-17)12-3-1-2-4-14(12)21-16/h1-9,20H. The first kappa shape index (κ1) is 12.7. The number of rotatable bonds is 1. The quantitative estimate of drug-likeness (QED) is 0.480. The van der Waals surface area contributed by atoms with Crippen LogP contribution in [0.5, 0.6) is 0 Å². The molecule has 0 radical (unpaired) electrons. The van der Waals surface area contributed by atoms with Crippen LogP contribution in [-0.2, 0) is 0 Å². The summed E-state index contributed by atoms with van der Waals surface area (Å²) in [6.45, 7) is 0. The Labute approximate surface area is 131 Å². The SMILES string of the molecule is Clc1ccc(-c2nc3ccccc3c3c(Cl)c[nH]c23)cc1. The van der Waals surface area contributed by atoms with Gasteiger partial charge >= 0.3 is 0 Å².